The summed E-state index contributed by atoms with van der Waals surface area (Å²) in [4.78, 5) is 30.1. The summed E-state index contributed by atoms with van der Waals surface area (Å²) in [6, 6.07) is -0.885. The SMILES string of the molecule is CN(C)[C@@H]1C(O)=C(C(N)=O)C[C@@]2(O)C(O)=C3C(=O)c4c(O)c(N)nc(F)c4C[C@H]3C[C@@H]12. The number of likely N-dealkylation sites (N-methyl/N-ethyl adjacent to an activating group) is 1. The second-order valence-electron chi connectivity index (χ2n) is 8.56. The van der Waals surface area contributed by atoms with Crippen LogP contribution in [0.5, 0.6) is 5.75 Å². The van der Waals surface area contributed by atoms with Crippen molar-refractivity contribution in [1.29, 1.82) is 0 Å². The molecule has 0 saturated heterocycles. The fourth-order valence-corrected chi connectivity index (χ4v) is 5.26. The summed E-state index contributed by atoms with van der Waals surface area (Å²) in [5.74, 6) is -6.63. The number of halogens is 1. The van der Waals surface area contributed by atoms with Crippen LogP contribution in [0.4, 0.5) is 10.2 Å². The molecule has 0 aromatic carbocycles. The van der Waals surface area contributed by atoms with Crippen molar-refractivity contribution in [3.05, 3.63) is 39.7 Å². The number of hydrogen-bond acceptors (Lipinski definition) is 9. The van der Waals surface area contributed by atoms with Gasteiger partial charge < -0.3 is 31.9 Å². The molecule has 1 aromatic heterocycles. The number of carbonyl (C=O) groups is 2. The smallest absolute Gasteiger partial charge is 0.248 e. The molecule has 8 N–H and O–H groups in total. The lowest BCUT2D eigenvalue weighted by atomic mass is 9.59. The Morgan fingerprint density at radius 2 is 1.94 bits per heavy atom. The molecule has 1 heterocycles. The van der Waals surface area contributed by atoms with Gasteiger partial charge in [-0.05, 0) is 32.9 Å². The van der Waals surface area contributed by atoms with Crippen molar-refractivity contribution in [2.45, 2.75) is 30.9 Å². The minimum absolute atomic E-state index is 0.0764. The number of amides is 1. The summed E-state index contributed by atoms with van der Waals surface area (Å²) in [7, 11) is 3.24. The number of Topliss-reactive ketones (excluding diaryl/α,β-unsaturated/α-hetero) is 1. The molecule has 0 radical (unpaired) electrons. The van der Waals surface area contributed by atoms with E-state index in [1.807, 2.05) is 0 Å². The number of aromatic hydroxyl groups is 1. The molecule has 1 aromatic rings. The van der Waals surface area contributed by atoms with Crippen LogP contribution in [-0.2, 0) is 11.2 Å². The first-order valence-electron chi connectivity index (χ1n) is 9.65. The molecule has 1 amide bonds. The average Bonchev–Trinajstić information content (AvgIpc) is 2.67. The second-order valence-corrected chi connectivity index (χ2v) is 8.56. The predicted octanol–water partition coefficient (Wildman–Crippen LogP) is 0.0579. The lowest BCUT2D eigenvalue weighted by Gasteiger charge is -2.51. The zero-order valence-electron chi connectivity index (χ0n) is 16.9. The molecule has 4 atom stereocenters. The van der Waals surface area contributed by atoms with Crippen LogP contribution in [0.2, 0.25) is 0 Å². The quantitative estimate of drug-likeness (QED) is 0.350. The van der Waals surface area contributed by atoms with Gasteiger partial charge in [0, 0.05) is 23.5 Å². The van der Waals surface area contributed by atoms with Crippen molar-refractivity contribution < 1.29 is 34.4 Å². The lowest BCUT2D eigenvalue weighted by Crippen LogP contribution is -2.59. The highest BCUT2D eigenvalue weighted by Gasteiger charge is 2.58. The van der Waals surface area contributed by atoms with E-state index in [1.54, 1.807) is 19.0 Å². The maximum absolute atomic E-state index is 14.5. The number of hydrogen-bond donors (Lipinski definition) is 6. The third kappa shape index (κ3) is 2.73. The number of fused-ring (bicyclic) bond motifs is 3. The first-order valence-corrected chi connectivity index (χ1v) is 9.65. The van der Waals surface area contributed by atoms with Crippen LogP contribution in [0.3, 0.4) is 0 Å². The number of carbonyl (C=O) groups excluding carboxylic acids is 2. The van der Waals surface area contributed by atoms with Crippen LogP contribution in [0.15, 0.2) is 22.7 Å². The van der Waals surface area contributed by atoms with E-state index in [2.05, 4.69) is 4.98 Å². The van der Waals surface area contributed by atoms with Crippen molar-refractivity contribution in [2.24, 2.45) is 17.6 Å². The van der Waals surface area contributed by atoms with Gasteiger partial charge >= 0.3 is 0 Å². The van der Waals surface area contributed by atoms with E-state index >= 15 is 0 Å². The number of pyridine rings is 1. The Bertz CT molecular complexity index is 1100. The van der Waals surface area contributed by atoms with Gasteiger partial charge in [-0.2, -0.15) is 9.37 Å². The van der Waals surface area contributed by atoms with Crippen LogP contribution < -0.4 is 11.5 Å². The molecule has 0 unspecified atom stereocenters. The number of anilines is 1. The highest BCUT2D eigenvalue weighted by atomic mass is 19.1. The zero-order valence-corrected chi connectivity index (χ0v) is 16.9. The maximum Gasteiger partial charge on any atom is 0.248 e. The molecule has 31 heavy (non-hydrogen) atoms. The number of nitrogens with zero attached hydrogens (tertiary/aromatic N) is 2. The molecule has 3 aliphatic rings. The zero-order chi connectivity index (χ0) is 23.0. The topological polar surface area (TPSA) is 183 Å². The van der Waals surface area contributed by atoms with E-state index in [0.29, 0.717) is 0 Å². The van der Waals surface area contributed by atoms with Crippen molar-refractivity contribution in [2.75, 3.05) is 19.8 Å². The standard InChI is InChI=1S/C20H23FN4O6/c1-25(2)12-9-4-6-3-7-11(15(28)18(22)24-17(7)21)14(27)10(6)16(29)20(9,31)5-8(13(12)26)19(23)30/h6,9,12,26,28-29,31H,3-5H2,1-2H3,(H2,22,24)(H2,23,30)/t6-,9-,12-,20-/m0/s1. The van der Waals surface area contributed by atoms with Gasteiger partial charge in [0.15, 0.2) is 17.4 Å². The van der Waals surface area contributed by atoms with E-state index in [4.69, 9.17) is 11.5 Å². The Kier molecular flexibility index (Phi) is 4.53. The van der Waals surface area contributed by atoms with Crippen molar-refractivity contribution in [3.8, 4) is 5.75 Å². The van der Waals surface area contributed by atoms with Crippen LogP contribution in [0.25, 0.3) is 0 Å². The molecule has 0 bridgehead atoms. The van der Waals surface area contributed by atoms with E-state index in [9.17, 15) is 34.4 Å². The number of rotatable bonds is 2. The Labute approximate surface area is 176 Å². The minimum atomic E-state index is -2.07. The molecule has 166 valence electrons. The fraction of sp³-hybridized carbons (Fsp3) is 0.450. The van der Waals surface area contributed by atoms with E-state index in [-0.39, 0.29) is 35.3 Å². The second kappa shape index (κ2) is 6.66. The monoisotopic (exact) mass is 434 g/mol. The number of nitrogen functional groups attached to an aromatic ring is 1. The molecule has 0 saturated carbocycles. The van der Waals surface area contributed by atoms with Crippen LogP contribution in [0.1, 0.15) is 28.8 Å². The molecule has 3 aliphatic carbocycles. The van der Waals surface area contributed by atoms with E-state index < -0.39 is 70.4 Å². The molecule has 10 nitrogen and oxygen atoms in total. The van der Waals surface area contributed by atoms with Gasteiger partial charge in [-0.1, -0.05) is 0 Å². The summed E-state index contributed by atoms with van der Waals surface area (Å²) in [6.45, 7) is 0. The Morgan fingerprint density at radius 1 is 1.29 bits per heavy atom. The summed E-state index contributed by atoms with van der Waals surface area (Å²) >= 11 is 0. The fourth-order valence-electron chi connectivity index (χ4n) is 5.26. The van der Waals surface area contributed by atoms with Crippen LogP contribution >= 0.6 is 0 Å². The number of aliphatic hydroxyl groups excluding tert-OH is 2. The minimum Gasteiger partial charge on any atom is -0.510 e. The number of aliphatic hydroxyl groups is 3. The van der Waals surface area contributed by atoms with E-state index in [1.165, 1.54) is 0 Å². The Morgan fingerprint density at radius 3 is 2.52 bits per heavy atom. The van der Waals surface area contributed by atoms with Gasteiger partial charge in [-0.25, -0.2) is 0 Å². The molecular weight excluding hydrogens is 411 g/mol. The largest absolute Gasteiger partial charge is 0.510 e. The number of ketones is 1. The first-order chi connectivity index (χ1) is 14.4. The first kappa shape index (κ1) is 21.1. The predicted molar refractivity (Wildman–Crippen MR) is 105 cm³/mol. The van der Waals surface area contributed by atoms with Gasteiger partial charge in [0.2, 0.25) is 11.9 Å². The highest BCUT2D eigenvalue weighted by molar-refractivity contribution is 6.14. The van der Waals surface area contributed by atoms with Crippen molar-refractivity contribution in [3.63, 3.8) is 0 Å². The van der Waals surface area contributed by atoms with Gasteiger partial charge in [0.25, 0.3) is 0 Å². The maximum atomic E-state index is 14.5. The Balaban J connectivity index is 1.93. The van der Waals surface area contributed by atoms with E-state index in [0.717, 1.165) is 0 Å². The van der Waals surface area contributed by atoms with Gasteiger partial charge in [-0.15, -0.1) is 0 Å². The molecular formula is C20H23FN4O6. The van der Waals surface area contributed by atoms with Crippen LogP contribution in [-0.4, -0.2) is 67.7 Å². The van der Waals surface area contributed by atoms with Gasteiger partial charge in [0.05, 0.1) is 17.2 Å². The molecule has 0 spiro atoms. The van der Waals surface area contributed by atoms with Gasteiger partial charge in [0.1, 0.15) is 17.1 Å². The third-order valence-electron chi connectivity index (χ3n) is 6.67. The number of primary amides is 1. The average molecular weight is 434 g/mol. The van der Waals surface area contributed by atoms with Crippen molar-refractivity contribution >= 4 is 17.5 Å². The molecule has 0 aliphatic heterocycles. The number of aromatic nitrogens is 1. The summed E-state index contributed by atoms with van der Waals surface area (Å²) in [5, 5.41) is 43.5. The molecule has 11 heteroatoms. The highest BCUT2D eigenvalue weighted by Crippen LogP contribution is 2.53. The summed E-state index contributed by atoms with van der Waals surface area (Å²) in [5.41, 5.74) is 7.82. The Hall–Kier alpha value is -3.18. The third-order valence-corrected chi connectivity index (χ3v) is 6.67. The summed E-state index contributed by atoms with van der Waals surface area (Å²) < 4.78 is 14.5. The van der Waals surface area contributed by atoms with Gasteiger partial charge in [-0.3, -0.25) is 14.5 Å². The summed E-state index contributed by atoms with van der Waals surface area (Å²) in [6.07, 6.45) is -0.484. The molecule has 4 rings (SSSR count). The van der Waals surface area contributed by atoms with Crippen LogP contribution in [0, 0.1) is 17.8 Å². The lowest BCUT2D eigenvalue weighted by molar-refractivity contribution is -0.118. The number of nitrogens with two attached hydrogens (primary N) is 2. The molecule has 0 fully saturated rings. The van der Waals surface area contributed by atoms with Crippen molar-refractivity contribution in [1.82, 2.24) is 9.88 Å². The normalized spacial score (nSPS) is 30.2. The number of allylic oxidation sites excluding steroid dienone is 1.